The third-order valence-corrected chi connectivity index (χ3v) is 2.62. The molecule has 0 aromatic rings. The number of ether oxygens (including phenoxy) is 1. The molecule has 0 aromatic carbocycles. The number of rotatable bonds is 1. The fourth-order valence-electron chi connectivity index (χ4n) is 1.91. The van der Waals surface area contributed by atoms with E-state index < -0.39 is 0 Å². The van der Waals surface area contributed by atoms with E-state index in [4.69, 9.17) is 4.74 Å². The second-order valence-electron chi connectivity index (χ2n) is 3.53. The van der Waals surface area contributed by atoms with E-state index in [1.54, 1.807) is 0 Å². The van der Waals surface area contributed by atoms with Crippen LogP contribution in [0.3, 0.4) is 0 Å². The van der Waals surface area contributed by atoms with Gasteiger partial charge in [0.15, 0.2) is 0 Å². The first-order valence-electron chi connectivity index (χ1n) is 4.78. The molecule has 0 spiro atoms. The summed E-state index contributed by atoms with van der Waals surface area (Å²) in [6, 6.07) is 0. The van der Waals surface area contributed by atoms with Crippen LogP contribution in [0, 0.1) is 0 Å². The van der Waals surface area contributed by atoms with Crippen LogP contribution in [0.5, 0.6) is 0 Å². The highest BCUT2D eigenvalue weighted by molar-refractivity contribution is 5.81. The molecule has 1 atom stereocenters. The highest BCUT2D eigenvalue weighted by Gasteiger charge is 2.29. The monoisotopic (exact) mass is 169 g/mol. The molecule has 2 heterocycles. The van der Waals surface area contributed by atoms with Crippen LogP contribution in [0.15, 0.2) is 0 Å². The quantitative estimate of drug-likeness (QED) is 0.580. The third-order valence-electron chi connectivity index (χ3n) is 2.62. The Labute approximate surface area is 72.7 Å². The summed E-state index contributed by atoms with van der Waals surface area (Å²) in [7, 11) is 0. The molecular formula is C9H15NO2. The van der Waals surface area contributed by atoms with Gasteiger partial charge in [-0.05, 0) is 25.7 Å². The molecule has 1 amide bonds. The van der Waals surface area contributed by atoms with Crippen molar-refractivity contribution in [2.24, 2.45) is 0 Å². The van der Waals surface area contributed by atoms with Gasteiger partial charge in [0.1, 0.15) is 6.10 Å². The van der Waals surface area contributed by atoms with Crippen molar-refractivity contribution in [3.05, 3.63) is 0 Å². The molecule has 12 heavy (non-hydrogen) atoms. The van der Waals surface area contributed by atoms with Crippen LogP contribution in [0.25, 0.3) is 0 Å². The molecule has 0 aromatic heterocycles. The maximum atomic E-state index is 11.6. The summed E-state index contributed by atoms with van der Waals surface area (Å²) in [6.45, 7) is 2.65. The molecule has 0 saturated carbocycles. The van der Waals surface area contributed by atoms with Crippen molar-refractivity contribution in [1.29, 1.82) is 0 Å². The van der Waals surface area contributed by atoms with Crippen LogP contribution in [0.4, 0.5) is 0 Å². The average Bonchev–Trinajstić information content (AvgIpc) is 2.77. The summed E-state index contributed by atoms with van der Waals surface area (Å²) in [4.78, 5) is 13.6. The summed E-state index contributed by atoms with van der Waals surface area (Å²) in [5.41, 5.74) is 0. The highest BCUT2D eigenvalue weighted by atomic mass is 16.5. The number of carbonyl (C=O) groups excluding carboxylic acids is 1. The molecule has 0 N–H and O–H groups in total. The Hall–Kier alpha value is -0.570. The lowest BCUT2D eigenvalue weighted by Crippen LogP contribution is -2.36. The zero-order valence-electron chi connectivity index (χ0n) is 7.29. The maximum absolute atomic E-state index is 11.6. The number of carbonyl (C=O) groups is 1. The molecule has 2 aliphatic heterocycles. The average molecular weight is 169 g/mol. The Balaban J connectivity index is 1.89. The van der Waals surface area contributed by atoms with Crippen molar-refractivity contribution in [1.82, 2.24) is 4.90 Å². The normalized spacial score (nSPS) is 29.7. The highest BCUT2D eigenvalue weighted by Crippen LogP contribution is 2.17. The number of likely N-dealkylation sites (tertiary alicyclic amines) is 1. The fourth-order valence-corrected chi connectivity index (χ4v) is 1.91. The summed E-state index contributed by atoms with van der Waals surface area (Å²) in [5, 5.41) is 0. The lowest BCUT2D eigenvalue weighted by molar-refractivity contribution is -0.139. The van der Waals surface area contributed by atoms with E-state index in [1.165, 1.54) is 12.8 Å². The fraction of sp³-hybridized carbons (Fsp3) is 0.889. The molecule has 3 nitrogen and oxygen atoms in total. The molecule has 0 unspecified atom stereocenters. The number of nitrogens with zero attached hydrogens (tertiary/aromatic N) is 1. The van der Waals surface area contributed by atoms with Crippen molar-refractivity contribution in [2.45, 2.75) is 31.8 Å². The molecule has 2 aliphatic rings. The zero-order valence-corrected chi connectivity index (χ0v) is 7.29. The first-order chi connectivity index (χ1) is 5.88. The lowest BCUT2D eigenvalue weighted by Gasteiger charge is -2.18. The van der Waals surface area contributed by atoms with Crippen molar-refractivity contribution in [3.8, 4) is 0 Å². The molecule has 2 saturated heterocycles. The van der Waals surface area contributed by atoms with E-state index in [1.807, 2.05) is 4.90 Å². The lowest BCUT2D eigenvalue weighted by atomic mass is 10.2. The Morgan fingerprint density at radius 2 is 2.00 bits per heavy atom. The summed E-state index contributed by atoms with van der Waals surface area (Å²) in [6.07, 6.45) is 4.19. The van der Waals surface area contributed by atoms with Crippen LogP contribution in [-0.2, 0) is 9.53 Å². The van der Waals surface area contributed by atoms with Crippen molar-refractivity contribution < 1.29 is 9.53 Å². The van der Waals surface area contributed by atoms with E-state index in [9.17, 15) is 4.79 Å². The van der Waals surface area contributed by atoms with Gasteiger partial charge in [0, 0.05) is 19.7 Å². The molecule has 0 bridgehead atoms. The smallest absolute Gasteiger partial charge is 0.251 e. The summed E-state index contributed by atoms with van der Waals surface area (Å²) < 4.78 is 5.34. The number of hydrogen-bond donors (Lipinski definition) is 0. The van der Waals surface area contributed by atoms with Gasteiger partial charge >= 0.3 is 0 Å². The van der Waals surface area contributed by atoms with Gasteiger partial charge in [0.25, 0.3) is 5.91 Å². The first kappa shape index (κ1) is 8.05. The molecule has 0 aliphatic carbocycles. The van der Waals surface area contributed by atoms with E-state index in [2.05, 4.69) is 0 Å². The topological polar surface area (TPSA) is 29.5 Å². The van der Waals surface area contributed by atoms with Crippen LogP contribution < -0.4 is 0 Å². The van der Waals surface area contributed by atoms with Gasteiger partial charge in [-0.15, -0.1) is 0 Å². The molecule has 2 rings (SSSR count). The van der Waals surface area contributed by atoms with Crippen molar-refractivity contribution >= 4 is 5.91 Å². The second kappa shape index (κ2) is 3.44. The van der Waals surface area contributed by atoms with E-state index >= 15 is 0 Å². The Kier molecular flexibility index (Phi) is 2.30. The van der Waals surface area contributed by atoms with Gasteiger partial charge in [-0.25, -0.2) is 0 Å². The Bertz CT molecular complexity index is 151. The zero-order chi connectivity index (χ0) is 8.39. The van der Waals surface area contributed by atoms with Crippen LogP contribution in [0.2, 0.25) is 0 Å². The Morgan fingerprint density at radius 1 is 1.25 bits per heavy atom. The van der Waals surface area contributed by atoms with Gasteiger partial charge < -0.3 is 9.64 Å². The summed E-state index contributed by atoms with van der Waals surface area (Å²) in [5.74, 6) is 0.227. The molecule has 0 radical (unpaired) electrons. The van der Waals surface area contributed by atoms with Crippen LogP contribution in [0.1, 0.15) is 25.7 Å². The van der Waals surface area contributed by atoms with Gasteiger partial charge in [-0.1, -0.05) is 0 Å². The van der Waals surface area contributed by atoms with E-state index in [0.29, 0.717) is 0 Å². The standard InChI is InChI=1S/C9H15NO2/c11-9(8-4-3-7-12-8)10-5-1-2-6-10/h8H,1-7H2/t8-/m1/s1. The van der Waals surface area contributed by atoms with E-state index in [0.717, 1.165) is 32.5 Å². The first-order valence-corrected chi connectivity index (χ1v) is 4.78. The predicted octanol–water partition coefficient (Wildman–Crippen LogP) is 0.788. The summed E-state index contributed by atoms with van der Waals surface area (Å²) >= 11 is 0. The number of hydrogen-bond acceptors (Lipinski definition) is 2. The molecular weight excluding hydrogens is 154 g/mol. The SMILES string of the molecule is O=C([C@H]1CCCO1)N1CCCC1. The predicted molar refractivity (Wildman–Crippen MR) is 44.8 cm³/mol. The van der Waals surface area contributed by atoms with Gasteiger partial charge in [-0.3, -0.25) is 4.79 Å². The second-order valence-corrected chi connectivity index (χ2v) is 3.53. The minimum Gasteiger partial charge on any atom is -0.368 e. The minimum atomic E-state index is -0.108. The Morgan fingerprint density at radius 3 is 2.58 bits per heavy atom. The van der Waals surface area contributed by atoms with Gasteiger partial charge in [0.05, 0.1) is 0 Å². The van der Waals surface area contributed by atoms with Gasteiger partial charge in [-0.2, -0.15) is 0 Å². The maximum Gasteiger partial charge on any atom is 0.251 e. The van der Waals surface area contributed by atoms with Gasteiger partial charge in [0.2, 0.25) is 0 Å². The third kappa shape index (κ3) is 1.46. The van der Waals surface area contributed by atoms with Crippen LogP contribution >= 0.6 is 0 Å². The molecule has 3 heteroatoms. The van der Waals surface area contributed by atoms with Crippen molar-refractivity contribution in [2.75, 3.05) is 19.7 Å². The largest absolute Gasteiger partial charge is 0.368 e. The van der Waals surface area contributed by atoms with Crippen LogP contribution in [-0.4, -0.2) is 36.6 Å². The minimum absolute atomic E-state index is 0.108. The molecule has 2 fully saturated rings. The van der Waals surface area contributed by atoms with Crippen molar-refractivity contribution in [3.63, 3.8) is 0 Å². The van der Waals surface area contributed by atoms with E-state index in [-0.39, 0.29) is 12.0 Å². The number of amides is 1. The molecule has 68 valence electrons.